The van der Waals surface area contributed by atoms with Crippen molar-refractivity contribution in [3.8, 4) is 0 Å². The molecule has 0 aliphatic carbocycles. The molecule has 1 aromatic carbocycles. The van der Waals surface area contributed by atoms with Crippen LogP contribution in [0.1, 0.15) is 57.7 Å². The monoisotopic (exact) mass is 277 g/mol. The maximum Gasteiger partial charge on any atom is 0.325 e. The van der Waals surface area contributed by atoms with Crippen LogP contribution >= 0.6 is 0 Å². The van der Waals surface area contributed by atoms with Gasteiger partial charge in [-0.05, 0) is 44.7 Å². The Morgan fingerprint density at radius 3 is 2.40 bits per heavy atom. The summed E-state index contributed by atoms with van der Waals surface area (Å²) in [5.41, 5.74) is 1.87. The minimum Gasteiger partial charge on any atom is -0.468 e. The number of methoxy groups -OCH3 is 1. The highest BCUT2D eigenvalue weighted by Gasteiger charge is 2.30. The van der Waals surface area contributed by atoms with Crippen LogP contribution in [0.2, 0.25) is 0 Å². The Morgan fingerprint density at radius 2 is 1.90 bits per heavy atom. The average molecular weight is 277 g/mol. The Balaban J connectivity index is 2.68. The van der Waals surface area contributed by atoms with Gasteiger partial charge in [0.2, 0.25) is 0 Å². The molecule has 112 valence electrons. The molecular weight excluding hydrogens is 250 g/mol. The van der Waals surface area contributed by atoms with Crippen molar-refractivity contribution in [2.24, 2.45) is 0 Å². The molecule has 0 spiro atoms. The van der Waals surface area contributed by atoms with E-state index in [0.717, 1.165) is 6.42 Å². The van der Waals surface area contributed by atoms with Crippen LogP contribution in [-0.4, -0.2) is 18.6 Å². The number of benzene rings is 1. The van der Waals surface area contributed by atoms with Gasteiger partial charge in [0.25, 0.3) is 0 Å². The van der Waals surface area contributed by atoms with E-state index in [1.54, 1.807) is 0 Å². The minimum atomic E-state index is -0.685. The molecule has 1 N–H and O–H groups in total. The summed E-state index contributed by atoms with van der Waals surface area (Å²) in [6.07, 6.45) is 3.57. The van der Waals surface area contributed by atoms with Crippen molar-refractivity contribution in [2.45, 2.75) is 58.5 Å². The highest BCUT2D eigenvalue weighted by atomic mass is 16.5. The lowest BCUT2D eigenvalue weighted by Gasteiger charge is -2.27. The molecule has 20 heavy (non-hydrogen) atoms. The number of aryl methyl sites for hydroxylation is 1. The standard InChI is InChI=1S/C17H27NO2/c1-6-7-8-14-9-11-15(12-10-14)13(2)18-17(3,4)16(19)20-5/h9-13,18H,6-8H2,1-5H3. The molecule has 1 aromatic rings. The lowest BCUT2D eigenvalue weighted by atomic mass is 9.99. The van der Waals surface area contributed by atoms with E-state index in [9.17, 15) is 4.79 Å². The first-order valence-electron chi connectivity index (χ1n) is 7.35. The van der Waals surface area contributed by atoms with Gasteiger partial charge in [-0.1, -0.05) is 37.6 Å². The van der Waals surface area contributed by atoms with Crippen LogP contribution < -0.4 is 5.32 Å². The summed E-state index contributed by atoms with van der Waals surface area (Å²) in [5, 5.41) is 3.31. The summed E-state index contributed by atoms with van der Waals surface area (Å²) in [6.45, 7) is 7.94. The van der Waals surface area contributed by atoms with E-state index < -0.39 is 5.54 Å². The molecule has 0 fully saturated rings. The zero-order chi connectivity index (χ0) is 15.2. The second-order valence-electron chi connectivity index (χ2n) is 5.83. The summed E-state index contributed by atoms with van der Waals surface area (Å²) in [5.74, 6) is -0.246. The Hall–Kier alpha value is -1.35. The summed E-state index contributed by atoms with van der Waals surface area (Å²) < 4.78 is 4.81. The number of carbonyl (C=O) groups excluding carboxylic acids is 1. The number of esters is 1. The maximum atomic E-state index is 11.7. The van der Waals surface area contributed by atoms with Crippen LogP contribution in [0.15, 0.2) is 24.3 Å². The fourth-order valence-electron chi connectivity index (χ4n) is 2.29. The third-order valence-corrected chi connectivity index (χ3v) is 3.57. The molecule has 3 heteroatoms. The number of nitrogens with one attached hydrogen (secondary N) is 1. The average Bonchev–Trinajstić information content (AvgIpc) is 2.44. The molecule has 0 saturated carbocycles. The number of unbranched alkanes of at least 4 members (excludes halogenated alkanes) is 1. The number of ether oxygens (including phenoxy) is 1. The summed E-state index contributed by atoms with van der Waals surface area (Å²) in [4.78, 5) is 11.7. The van der Waals surface area contributed by atoms with Gasteiger partial charge in [-0.3, -0.25) is 10.1 Å². The zero-order valence-electron chi connectivity index (χ0n) is 13.3. The van der Waals surface area contributed by atoms with Crippen molar-refractivity contribution in [1.29, 1.82) is 0 Å². The van der Waals surface area contributed by atoms with E-state index in [0.29, 0.717) is 0 Å². The minimum absolute atomic E-state index is 0.101. The molecule has 0 amide bonds. The van der Waals surface area contributed by atoms with Gasteiger partial charge >= 0.3 is 5.97 Å². The fourth-order valence-corrected chi connectivity index (χ4v) is 2.29. The molecule has 3 nitrogen and oxygen atoms in total. The van der Waals surface area contributed by atoms with Gasteiger partial charge in [0.05, 0.1) is 7.11 Å². The van der Waals surface area contributed by atoms with Crippen LogP contribution in [0, 0.1) is 0 Å². The summed E-state index contributed by atoms with van der Waals surface area (Å²) >= 11 is 0. The highest BCUT2D eigenvalue weighted by Crippen LogP contribution is 2.18. The van der Waals surface area contributed by atoms with Gasteiger partial charge in [0.15, 0.2) is 0 Å². The van der Waals surface area contributed by atoms with Crippen LogP contribution in [-0.2, 0) is 16.0 Å². The Kier molecular flexibility index (Phi) is 6.21. The number of rotatable bonds is 7. The largest absolute Gasteiger partial charge is 0.468 e. The van der Waals surface area contributed by atoms with Gasteiger partial charge < -0.3 is 4.74 Å². The van der Waals surface area contributed by atoms with Crippen molar-refractivity contribution < 1.29 is 9.53 Å². The maximum absolute atomic E-state index is 11.7. The van der Waals surface area contributed by atoms with Crippen LogP contribution in [0.3, 0.4) is 0 Å². The van der Waals surface area contributed by atoms with Crippen LogP contribution in [0.4, 0.5) is 0 Å². The molecule has 1 unspecified atom stereocenters. The molecule has 0 radical (unpaired) electrons. The van der Waals surface area contributed by atoms with Crippen molar-refractivity contribution >= 4 is 5.97 Å². The first kappa shape index (κ1) is 16.7. The van der Waals surface area contributed by atoms with Crippen LogP contribution in [0.25, 0.3) is 0 Å². The molecule has 1 rings (SSSR count). The fraction of sp³-hybridized carbons (Fsp3) is 0.588. The molecule has 0 aliphatic rings. The van der Waals surface area contributed by atoms with E-state index in [-0.39, 0.29) is 12.0 Å². The van der Waals surface area contributed by atoms with E-state index >= 15 is 0 Å². The van der Waals surface area contributed by atoms with Crippen molar-refractivity contribution in [1.82, 2.24) is 5.32 Å². The van der Waals surface area contributed by atoms with Crippen LogP contribution in [0.5, 0.6) is 0 Å². The summed E-state index contributed by atoms with van der Waals surface area (Å²) in [7, 11) is 1.42. The normalized spacial score (nSPS) is 13.1. The van der Waals surface area contributed by atoms with E-state index in [1.807, 2.05) is 13.8 Å². The van der Waals surface area contributed by atoms with Gasteiger partial charge in [-0.25, -0.2) is 0 Å². The second kappa shape index (κ2) is 7.44. The smallest absolute Gasteiger partial charge is 0.325 e. The molecule has 0 aliphatic heterocycles. The third kappa shape index (κ3) is 4.64. The van der Waals surface area contributed by atoms with Gasteiger partial charge in [-0.15, -0.1) is 0 Å². The Labute approximate surface area is 122 Å². The number of hydrogen-bond donors (Lipinski definition) is 1. The highest BCUT2D eigenvalue weighted by molar-refractivity contribution is 5.79. The second-order valence-corrected chi connectivity index (χ2v) is 5.83. The first-order chi connectivity index (χ1) is 9.40. The molecule has 0 heterocycles. The zero-order valence-corrected chi connectivity index (χ0v) is 13.3. The lowest BCUT2D eigenvalue weighted by molar-refractivity contribution is -0.147. The van der Waals surface area contributed by atoms with E-state index in [4.69, 9.17) is 4.74 Å². The predicted octanol–water partition coefficient (Wildman–Crippen LogP) is 3.63. The van der Waals surface area contributed by atoms with Crippen molar-refractivity contribution in [3.63, 3.8) is 0 Å². The van der Waals surface area contributed by atoms with Crippen molar-refractivity contribution in [2.75, 3.05) is 7.11 Å². The number of carbonyl (C=O) groups is 1. The molecule has 0 aromatic heterocycles. The van der Waals surface area contributed by atoms with E-state index in [1.165, 1.54) is 31.1 Å². The third-order valence-electron chi connectivity index (χ3n) is 3.57. The van der Waals surface area contributed by atoms with Gasteiger partial charge in [-0.2, -0.15) is 0 Å². The SMILES string of the molecule is CCCCc1ccc(C(C)NC(C)(C)C(=O)OC)cc1. The Bertz CT molecular complexity index is 423. The lowest BCUT2D eigenvalue weighted by Crippen LogP contribution is -2.48. The topological polar surface area (TPSA) is 38.3 Å². The molecule has 0 saturated heterocycles. The summed E-state index contributed by atoms with van der Waals surface area (Å²) in [6, 6.07) is 8.72. The molecule has 1 atom stereocenters. The predicted molar refractivity (Wildman–Crippen MR) is 82.7 cm³/mol. The van der Waals surface area contributed by atoms with E-state index in [2.05, 4.69) is 43.4 Å². The number of hydrogen-bond acceptors (Lipinski definition) is 3. The first-order valence-corrected chi connectivity index (χ1v) is 7.35. The molecule has 0 bridgehead atoms. The Morgan fingerprint density at radius 1 is 1.30 bits per heavy atom. The van der Waals surface area contributed by atoms with Gasteiger partial charge in [0, 0.05) is 6.04 Å². The molecular formula is C17H27NO2. The van der Waals surface area contributed by atoms with Gasteiger partial charge in [0.1, 0.15) is 5.54 Å². The van der Waals surface area contributed by atoms with Crippen molar-refractivity contribution in [3.05, 3.63) is 35.4 Å². The quantitative estimate of drug-likeness (QED) is 0.773.